The molecule has 25 heavy (non-hydrogen) atoms. The summed E-state index contributed by atoms with van der Waals surface area (Å²) in [5.41, 5.74) is 9.45. The highest BCUT2D eigenvalue weighted by atomic mass is 32.2. The van der Waals surface area contributed by atoms with E-state index in [4.69, 9.17) is 5.73 Å². The first-order valence-electron chi connectivity index (χ1n) is 7.96. The molecular formula is C20H20N2O2S. The van der Waals surface area contributed by atoms with Gasteiger partial charge in [-0.1, -0.05) is 42.0 Å². The van der Waals surface area contributed by atoms with Crippen LogP contribution in [0.25, 0.3) is 0 Å². The first kappa shape index (κ1) is 17.0. The number of benzene rings is 3. The SMILES string of the molecule is Cc1ccc(S(=O)(=O)c2ccc(CNc3ccccc3N)cc2)cc1. The molecule has 4 nitrogen and oxygen atoms in total. The zero-order valence-electron chi connectivity index (χ0n) is 13.9. The van der Waals surface area contributed by atoms with Gasteiger partial charge in [0.1, 0.15) is 0 Å². The molecule has 0 heterocycles. The second-order valence-corrected chi connectivity index (χ2v) is 7.85. The molecule has 0 bridgehead atoms. The molecule has 0 fully saturated rings. The molecule has 0 aromatic heterocycles. The predicted molar refractivity (Wildman–Crippen MR) is 101 cm³/mol. The molecule has 0 amide bonds. The third-order valence-corrected chi connectivity index (χ3v) is 5.79. The van der Waals surface area contributed by atoms with E-state index < -0.39 is 9.84 Å². The number of rotatable bonds is 5. The van der Waals surface area contributed by atoms with E-state index in [0.29, 0.717) is 22.0 Å². The van der Waals surface area contributed by atoms with Crippen LogP contribution in [0.4, 0.5) is 11.4 Å². The maximum Gasteiger partial charge on any atom is 0.206 e. The number of hydrogen-bond acceptors (Lipinski definition) is 4. The van der Waals surface area contributed by atoms with E-state index in [9.17, 15) is 8.42 Å². The van der Waals surface area contributed by atoms with Gasteiger partial charge in [0.15, 0.2) is 0 Å². The lowest BCUT2D eigenvalue weighted by atomic mass is 10.2. The molecule has 0 aliphatic heterocycles. The van der Waals surface area contributed by atoms with Crippen molar-refractivity contribution in [2.75, 3.05) is 11.1 Å². The van der Waals surface area contributed by atoms with Crippen molar-refractivity contribution in [3.05, 3.63) is 83.9 Å². The number of nitrogen functional groups attached to an aromatic ring is 1. The van der Waals surface area contributed by atoms with Gasteiger partial charge in [0, 0.05) is 6.54 Å². The number of anilines is 2. The Morgan fingerprint density at radius 3 is 2.00 bits per heavy atom. The van der Waals surface area contributed by atoms with Crippen molar-refractivity contribution in [2.45, 2.75) is 23.3 Å². The van der Waals surface area contributed by atoms with E-state index >= 15 is 0 Å². The molecule has 0 aliphatic carbocycles. The van der Waals surface area contributed by atoms with E-state index in [1.165, 1.54) is 0 Å². The Morgan fingerprint density at radius 1 is 0.840 bits per heavy atom. The fourth-order valence-electron chi connectivity index (χ4n) is 2.50. The topological polar surface area (TPSA) is 72.2 Å². The van der Waals surface area contributed by atoms with Crippen molar-refractivity contribution in [3.63, 3.8) is 0 Å². The summed E-state index contributed by atoms with van der Waals surface area (Å²) in [6, 6.07) is 21.3. The van der Waals surface area contributed by atoms with Gasteiger partial charge in [0.25, 0.3) is 0 Å². The number of nitrogens with two attached hydrogens (primary N) is 1. The molecule has 128 valence electrons. The maximum absolute atomic E-state index is 12.6. The Labute approximate surface area is 148 Å². The van der Waals surface area contributed by atoms with Crippen molar-refractivity contribution >= 4 is 21.2 Å². The van der Waals surface area contributed by atoms with Gasteiger partial charge in [-0.25, -0.2) is 8.42 Å². The number of hydrogen-bond donors (Lipinski definition) is 2. The Balaban J connectivity index is 1.76. The quantitative estimate of drug-likeness (QED) is 0.680. The van der Waals surface area contributed by atoms with Crippen LogP contribution >= 0.6 is 0 Å². The maximum atomic E-state index is 12.6. The summed E-state index contributed by atoms with van der Waals surface area (Å²) < 4.78 is 25.3. The third-order valence-electron chi connectivity index (χ3n) is 4.01. The van der Waals surface area contributed by atoms with Crippen LogP contribution in [0.15, 0.2) is 82.6 Å². The summed E-state index contributed by atoms with van der Waals surface area (Å²) in [6.45, 7) is 2.50. The molecular weight excluding hydrogens is 332 g/mol. The molecule has 0 atom stereocenters. The van der Waals surface area contributed by atoms with Crippen LogP contribution < -0.4 is 11.1 Å². The van der Waals surface area contributed by atoms with E-state index in [1.807, 2.05) is 43.3 Å². The highest BCUT2D eigenvalue weighted by Gasteiger charge is 2.17. The summed E-state index contributed by atoms with van der Waals surface area (Å²) in [4.78, 5) is 0.598. The highest BCUT2D eigenvalue weighted by molar-refractivity contribution is 7.91. The summed E-state index contributed by atoms with van der Waals surface area (Å²) >= 11 is 0. The zero-order valence-corrected chi connectivity index (χ0v) is 14.8. The van der Waals surface area contributed by atoms with Crippen LogP contribution in [-0.4, -0.2) is 8.42 Å². The number of nitrogens with one attached hydrogen (secondary N) is 1. The van der Waals surface area contributed by atoms with Gasteiger partial charge in [-0.15, -0.1) is 0 Å². The summed E-state index contributed by atoms with van der Waals surface area (Å²) in [6.07, 6.45) is 0. The number of sulfone groups is 1. The highest BCUT2D eigenvalue weighted by Crippen LogP contribution is 2.22. The van der Waals surface area contributed by atoms with Crippen LogP contribution in [0.1, 0.15) is 11.1 Å². The van der Waals surface area contributed by atoms with E-state index in [2.05, 4.69) is 5.32 Å². The molecule has 0 aliphatic rings. The third kappa shape index (κ3) is 3.83. The molecule has 3 aromatic carbocycles. The smallest absolute Gasteiger partial charge is 0.206 e. The van der Waals surface area contributed by atoms with Crippen LogP contribution in [0, 0.1) is 6.92 Å². The van der Waals surface area contributed by atoms with Gasteiger partial charge in [0.2, 0.25) is 9.84 Å². The predicted octanol–water partition coefficient (Wildman–Crippen LogP) is 4.02. The van der Waals surface area contributed by atoms with Gasteiger partial charge in [0.05, 0.1) is 21.2 Å². The fraction of sp³-hybridized carbons (Fsp3) is 0.100. The normalized spacial score (nSPS) is 11.2. The molecule has 0 radical (unpaired) electrons. The van der Waals surface area contributed by atoms with Gasteiger partial charge in [-0.05, 0) is 48.9 Å². The Hall–Kier alpha value is -2.79. The molecule has 0 unspecified atom stereocenters. The largest absolute Gasteiger partial charge is 0.397 e. The summed E-state index contributed by atoms with van der Waals surface area (Å²) in [5, 5.41) is 3.25. The van der Waals surface area contributed by atoms with Crippen molar-refractivity contribution in [3.8, 4) is 0 Å². The molecule has 3 N–H and O–H groups in total. The standard InChI is InChI=1S/C20H20N2O2S/c1-15-6-10-17(11-7-15)25(23,24)18-12-8-16(9-13-18)14-22-20-5-3-2-4-19(20)21/h2-13,22H,14,21H2,1H3. The lowest BCUT2D eigenvalue weighted by Gasteiger charge is -2.10. The average molecular weight is 352 g/mol. The van der Waals surface area contributed by atoms with Gasteiger partial charge < -0.3 is 11.1 Å². The minimum absolute atomic E-state index is 0.291. The number of para-hydroxylation sites is 2. The second kappa shape index (κ2) is 6.99. The first-order valence-corrected chi connectivity index (χ1v) is 9.44. The molecule has 3 rings (SSSR count). The van der Waals surface area contributed by atoms with E-state index in [1.54, 1.807) is 36.4 Å². The van der Waals surface area contributed by atoms with Crippen LogP contribution in [-0.2, 0) is 16.4 Å². The van der Waals surface area contributed by atoms with E-state index in [0.717, 1.165) is 16.8 Å². The van der Waals surface area contributed by atoms with Gasteiger partial charge in [-0.3, -0.25) is 0 Å². The van der Waals surface area contributed by atoms with Gasteiger partial charge >= 0.3 is 0 Å². The second-order valence-electron chi connectivity index (χ2n) is 5.90. The minimum Gasteiger partial charge on any atom is -0.397 e. The molecule has 0 saturated carbocycles. The van der Waals surface area contributed by atoms with Crippen molar-refractivity contribution in [2.24, 2.45) is 0 Å². The lowest BCUT2D eigenvalue weighted by Crippen LogP contribution is -2.04. The fourth-order valence-corrected chi connectivity index (χ4v) is 3.76. The Bertz CT molecular complexity index is 963. The average Bonchev–Trinajstić information content (AvgIpc) is 2.62. The zero-order chi connectivity index (χ0) is 17.9. The minimum atomic E-state index is -3.49. The number of aryl methyl sites for hydroxylation is 1. The summed E-state index contributed by atoms with van der Waals surface area (Å²) in [7, 11) is -3.49. The Morgan fingerprint density at radius 2 is 1.40 bits per heavy atom. The van der Waals surface area contributed by atoms with Crippen molar-refractivity contribution in [1.29, 1.82) is 0 Å². The molecule has 0 saturated heterocycles. The molecule has 3 aromatic rings. The summed E-state index contributed by atoms with van der Waals surface area (Å²) in [5.74, 6) is 0. The Kier molecular flexibility index (Phi) is 4.76. The molecule has 0 spiro atoms. The van der Waals surface area contributed by atoms with Crippen LogP contribution in [0.2, 0.25) is 0 Å². The van der Waals surface area contributed by atoms with Gasteiger partial charge in [-0.2, -0.15) is 0 Å². The first-order chi connectivity index (χ1) is 12.0. The van der Waals surface area contributed by atoms with E-state index in [-0.39, 0.29) is 0 Å². The van der Waals surface area contributed by atoms with Crippen molar-refractivity contribution < 1.29 is 8.42 Å². The van der Waals surface area contributed by atoms with Crippen LogP contribution in [0.3, 0.4) is 0 Å². The lowest BCUT2D eigenvalue weighted by molar-refractivity contribution is 0.596. The van der Waals surface area contributed by atoms with Crippen LogP contribution in [0.5, 0.6) is 0 Å². The molecule has 5 heteroatoms. The van der Waals surface area contributed by atoms with Crippen molar-refractivity contribution in [1.82, 2.24) is 0 Å². The monoisotopic (exact) mass is 352 g/mol.